The van der Waals surface area contributed by atoms with Gasteiger partial charge in [0.1, 0.15) is 5.02 Å². The molecule has 0 heterocycles. The number of nitrogens with one attached hydrogen (secondary N) is 1. The molecule has 1 fully saturated rings. The Morgan fingerprint density at radius 1 is 1.33 bits per heavy atom. The number of aliphatic hydroxyl groups is 1. The average Bonchev–Trinajstić information content (AvgIpc) is 2.73. The van der Waals surface area contributed by atoms with E-state index in [1.165, 1.54) is 6.07 Å². The highest BCUT2D eigenvalue weighted by atomic mass is 35.5. The zero-order valence-electron chi connectivity index (χ0n) is 9.97. The Morgan fingerprint density at radius 2 is 1.94 bits per heavy atom. The third-order valence-electron chi connectivity index (χ3n) is 3.39. The first-order valence-corrected chi connectivity index (χ1v) is 6.30. The molecule has 100 valence electrons. The quantitative estimate of drug-likeness (QED) is 0.637. The first kappa shape index (κ1) is 13.2. The Hall–Kier alpha value is -1.20. The number of nitrogen functional groups attached to an aromatic ring is 2. The number of anilines is 3. The van der Waals surface area contributed by atoms with Gasteiger partial charge < -0.3 is 21.9 Å². The van der Waals surface area contributed by atoms with Crippen molar-refractivity contribution >= 4 is 28.7 Å². The van der Waals surface area contributed by atoms with Gasteiger partial charge >= 0.3 is 0 Å². The number of hydrogen-bond acceptors (Lipinski definition) is 4. The van der Waals surface area contributed by atoms with E-state index in [9.17, 15) is 9.50 Å². The standard InChI is InChI=1S/C12H17ClFN3O/c13-9-7(15)5-8(16)11(10(9)14)17-6-12(18)3-1-2-4-12/h5,17-18H,1-4,6,15-16H2. The molecule has 0 saturated heterocycles. The normalized spacial score (nSPS) is 17.9. The van der Waals surface area contributed by atoms with Gasteiger partial charge in [0.15, 0.2) is 5.82 Å². The summed E-state index contributed by atoms with van der Waals surface area (Å²) in [6.07, 6.45) is 3.39. The molecule has 1 saturated carbocycles. The highest BCUT2D eigenvalue weighted by molar-refractivity contribution is 6.33. The van der Waals surface area contributed by atoms with Crippen molar-refractivity contribution in [2.75, 3.05) is 23.3 Å². The van der Waals surface area contributed by atoms with Crippen LogP contribution in [0.1, 0.15) is 25.7 Å². The van der Waals surface area contributed by atoms with Crippen LogP contribution in [0.15, 0.2) is 6.07 Å². The first-order chi connectivity index (χ1) is 8.43. The van der Waals surface area contributed by atoms with Crippen molar-refractivity contribution in [1.82, 2.24) is 0 Å². The Balaban J connectivity index is 2.17. The predicted octanol–water partition coefficient (Wildman–Crippen LogP) is 2.36. The predicted molar refractivity (Wildman–Crippen MR) is 72.1 cm³/mol. The maximum absolute atomic E-state index is 13.9. The molecule has 1 aliphatic rings. The molecule has 0 unspecified atom stereocenters. The van der Waals surface area contributed by atoms with Crippen LogP contribution in [-0.4, -0.2) is 17.3 Å². The monoisotopic (exact) mass is 273 g/mol. The first-order valence-electron chi connectivity index (χ1n) is 5.92. The van der Waals surface area contributed by atoms with Gasteiger partial charge in [-0.2, -0.15) is 0 Å². The van der Waals surface area contributed by atoms with E-state index in [1.54, 1.807) is 0 Å². The summed E-state index contributed by atoms with van der Waals surface area (Å²) >= 11 is 5.73. The second-order valence-corrected chi connectivity index (χ2v) is 5.22. The minimum atomic E-state index is -0.785. The zero-order valence-corrected chi connectivity index (χ0v) is 10.7. The molecule has 0 amide bonds. The fraction of sp³-hybridized carbons (Fsp3) is 0.500. The van der Waals surface area contributed by atoms with Crippen molar-refractivity contribution in [3.05, 3.63) is 16.9 Å². The van der Waals surface area contributed by atoms with Gasteiger partial charge in [-0.3, -0.25) is 0 Å². The third-order valence-corrected chi connectivity index (χ3v) is 3.78. The lowest BCUT2D eigenvalue weighted by atomic mass is 10.0. The Bertz CT molecular complexity index is 461. The number of benzene rings is 1. The molecule has 0 spiro atoms. The van der Waals surface area contributed by atoms with Gasteiger partial charge in [-0.05, 0) is 18.9 Å². The second-order valence-electron chi connectivity index (χ2n) is 4.84. The Labute approximate surface area is 110 Å². The molecule has 0 atom stereocenters. The van der Waals surface area contributed by atoms with Gasteiger partial charge in [0.25, 0.3) is 0 Å². The van der Waals surface area contributed by atoms with E-state index < -0.39 is 11.4 Å². The van der Waals surface area contributed by atoms with Gasteiger partial charge in [-0.25, -0.2) is 4.39 Å². The molecule has 6 N–H and O–H groups in total. The SMILES string of the molecule is Nc1cc(N)c(NCC2(O)CCCC2)c(F)c1Cl. The number of nitrogens with two attached hydrogens (primary N) is 2. The highest BCUT2D eigenvalue weighted by Crippen LogP contribution is 2.35. The summed E-state index contributed by atoms with van der Waals surface area (Å²) in [5.74, 6) is -0.671. The van der Waals surface area contributed by atoms with Gasteiger partial charge in [-0.15, -0.1) is 0 Å². The fourth-order valence-electron chi connectivity index (χ4n) is 2.31. The molecule has 0 bridgehead atoms. The maximum Gasteiger partial charge on any atom is 0.169 e. The summed E-state index contributed by atoms with van der Waals surface area (Å²) in [7, 11) is 0. The summed E-state index contributed by atoms with van der Waals surface area (Å²) in [5.41, 5.74) is 10.8. The van der Waals surface area contributed by atoms with Crippen LogP contribution in [0.25, 0.3) is 0 Å². The average molecular weight is 274 g/mol. The van der Waals surface area contributed by atoms with Crippen molar-refractivity contribution in [2.45, 2.75) is 31.3 Å². The smallest absolute Gasteiger partial charge is 0.169 e. The zero-order chi connectivity index (χ0) is 13.3. The number of halogens is 2. The van der Waals surface area contributed by atoms with Gasteiger partial charge in [0.05, 0.1) is 22.7 Å². The minimum Gasteiger partial charge on any atom is -0.397 e. The summed E-state index contributed by atoms with van der Waals surface area (Å²) in [5, 5.41) is 12.9. The fourth-order valence-corrected chi connectivity index (χ4v) is 2.46. The van der Waals surface area contributed by atoms with Crippen molar-refractivity contribution < 1.29 is 9.50 Å². The van der Waals surface area contributed by atoms with Gasteiger partial charge in [-0.1, -0.05) is 24.4 Å². The lowest BCUT2D eigenvalue weighted by Gasteiger charge is -2.24. The van der Waals surface area contributed by atoms with Crippen LogP contribution < -0.4 is 16.8 Å². The van der Waals surface area contributed by atoms with E-state index in [0.29, 0.717) is 12.8 Å². The molecule has 18 heavy (non-hydrogen) atoms. The summed E-state index contributed by atoms with van der Waals surface area (Å²) in [6.45, 7) is 0.258. The van der Waals surface area contributed by atoms with Crippen molar-refractivity contribution in [2.24, 2.45) is 0 Å². The largest absolute Gasteiger partial charge is 0.397 e. The molecule has 0 radical (unpaired) electrons. The van der Waals surface area contributed by atoms with Crippen molar-refractivity contribution in [1.29, 1.82) is 0 Å². The van der Waals surface area contributed by atoms with Crippen LogP contribution in [0.3, 0.4) is 0 Å². The number of hydrogen-bond donors (Lipinski definition) is 4. The lowest BCUT2D eigenvalue weighted by molar-refractivity contribution is 0.0614. The molecular weight excluding hydrogens is 257 g/mol. The van der Waals surface area contributed by atoms with Crippen LogP contribution in [0.5, 0.6) is 0 Å². The van der Waals surface area contributed by atoms with E-state index in [4.69, 9.17) is 23.1 Å². The van der Waals surface area contributed by atoms with Crippen molar-refractivity contribution in [3.63, 3.8) is 0 Å². The molecule has 0 aliphatic heterocycles. The van der Waals surface area contributed by atoms with E-state index in [0.717, 1.165) is 12.8 Å². The number of rotatable bonds is 3. The van der Waals surface area contributed by atoms with Crippen LogP contribution >= 0.6 is 11.6 Å². The van der Waals surface area contributed by atoms with Crippen LogP contribution in [0.4, 0.5) is 21.5 Å². The maximum atomic E-state index is 13.9. The molecule has 1 aromatic carbocycles. The van der Waals surface area contributed by atoms with Crippen LogP contribution in [0, 0.1) is 5.82 Å². The van der Waals surface area contributed by atoms with Crippen LogP contribution in [-0.2, 0) is 0 Å². The van der Waals surface area contributed by atoms with Gasteiger partial charge in [0.2, 0.25) is 0 Å². The van der Waals surface area contributed by atoms with E-state index in [2.05, 4.69) is 5.32 Å². The second kappa shape index (κ2) is 4.82. The molecular formula is C12H17ClFN3O. The van der Waals surface area contributed by atoms with Gasteiger partial charge in [0, 0.05) is 6.54 Å². The Morgan fingerprint density at radius 3 is 2.56 bits per heavy atom. The molecule has 2 rings (SSSR count). The van der Waals surface area contributed by atoms with E-state index in [1.807, 2.05) is 0 Å². The minimum absolute atomic E-state index is 0.106. The molecule has 1 aliphatic carbocycles. The van der Waals surface area contributed by atoms with Crippen molar-refractivity contribution in [3.8, 4) is 0 Å². The molecule has 0 aromatic heterocycles. The summed E-state index contributed by atoms with van der Waals surface area (Å²) < 4.78 is 13.9. The highest BCUT2D eigenvalue weighted by Gasteiger charge is 2.31. The van der Waals surface area contributed by atoms with E-state index in [-0.39, 0.29) is 28.6 Å². The third kappa shape index (κ3) is 2.47. The van der Waals surface area contributed by atoms with E-state index >= 15 is 0 Å². The van der Waals surface area contributed by atoms with Crippen LogP contribution in [0.2, 0.25) is 5.02 Å². The summed E-state index contributed by atoms with van der Waals surface area (Å²) in [4.78, 5) is 0. The summed E-state index contributed by atoms with van der Waals surface area (Å²) in [6, 6.07) is 1.41. The molecule has 1 aromatic rings. The molecule has 4 nitrogen and oxygen atoms in total. The Kier molecular flexibility index (Phi) is 3.54. The lowest BCUT2D eigenvalue weighted by Crippen LogP contribution is -2.33. The molecule has 6 heteroatoms. The topological polar surface area (TPSA) is 84.3 Å².